The van der Waals surface area contributed by atoms with E-state index >= 15 is 0 Å². The third-order valence-electron chi connectivity index (χ3n) is 2.14. The van der Waals surface area contributed by atoms with Crippen molar-refractivity contribution >= 4 is 5.78 Å². The summed E-state index contributed by atoms with van der Waals surface area (Å²) in [5.41, 5.74) is 0. The molecule has 0 amide bonds. The van der Waals surface area contributed by atoms with E-state index in [1.165, 1.54) is 0 Å². The fourth-order valence-corrected chi connectivity index (χ4v) is 1.02. The monoisotopic (exact) mass is 187 g/mol. The van der Waals surface area contributed by atoms with E-state index in [2.05, 4.69) is 0 Å². The second kappa shape index (κ2) is 6.11. The molecule has 3 nitrogen and oxygen atoms in total. The molecular formula is C10H21NO2. The summed E-state index contributed by atoms with van der Waals surface area (Å²) in [5.74, 6) is 0.165. The Bertz CT molecular complexity index is 157. The Morgan fingerprint density at radius 2 is 2.00 bits per heavy atom. The van der Waals surface area contributed by atoms with Crippen LogP contribution in [0.4, 0.5) is 0 Å². The number of ketones is 1. The van der Waals surface area contributed by atoms with E-state index in [9.17, 15) is 9.90 Å². The van der Waals surface area contributed by atoms with Crippen molar-refractivity contribution in [1.29, 1.82) is 0 Å². The van der Waals surface area contributed by atoms with Gasteiger partial charge in [-0.1, -0.05) is 20.8 Å². The van der Waals surface area contributed by atoms with Gasteiger partial charge in [0.15, 0.2) is 0 Å². The first-order chi connectivity index (χ1) is 5.97. The zero-order valence-corrected chi connectivity index (χ0v) is 9.08. The van der Waals surface area contributed by atoms with Gasteiger partial charge in [-0.2, -0.15) is 0 Å². The molecule has 1 unspecified atom stereocenters. The maximum Gasteiger partial charge on any atom is 0.138 e. The van der Waals surface area contributed by atoms with E-state index in [-0.39, 0.29) is 18.1 Å². The number of carbonyl (C=O) groups is 1. The van der Waals surface area contributed by atoms with Crippen LogP contribution in [0.2, 0.25) is 0 Å². The van der Waals surface area contributed by atoms with Crippen molar-refractivity contribution in [2.24, 2.45) is 5.92 Å². The standard InChI is InChI=1S/C10H21NO2/c1-5-11(4)7-9(12)6-10(13)8(2)3/h8-9,12H,5-7H2,1-4H3. The molecule has 0 radical (unpaired) electrons. The van der Waals surface area contributed by atoms with Crippen molar-refractivity contribution in [3.8, 4) is 0 Å². The average molecular weight is 187 g/mol. The first-order valence-electron chi connectivity index (χ1n) is 4.86. The van der Waals surface area contributed by atoms with Crippen LogP contribution in [0.5, 0.6) is 0 Å². The third-order valence-corrected chi connectivity index (χ3v) is 2.14. The van der Waals surface area contributed by atoms with E-state index in [0.717, 1.165) is 6.54 Å². The van der Waals surface area contributed by atoms with Crippen LogP contribution in [-0.4, -0.2) is 42.0 Å². The molecule has 1 N–H and O–H groups in total. The minimum Gasteiger partial charge on any atom is -0.391 e. The largest absolute Gasteiger partial charge is 0.391 e. The lowest BCUT2D eigenvalue weighted by Crippen LogP contribution is -2.31. The van der Waals surface area contributed by atoms with Crippen LogP contribution >= 0.6 is 0 Å². The van der Waals surface area contributed by atoms with E-state index < -0.39 is 6.10 Å². The molecule has 0 aliphatic carbocycles. The fraction of sp³-hybridized carbons (Fsp3) is 0.900. The van der Waals surface area contributed by atoms with Crippen LogP contribution < -0.4 is 0 Å². The predicted molar refractivity (Wildman–Crippen MR) is 53.6 cm³/mol. The summed E-state index contributed by atoms with van der Waals surface area (Å²) in [6.45, 7) is 7.22. The SMILES string of the molecule is CCN(C)CC(O)CC(=O)C(C)C. The molecule has 1 atom stereocenters. The molecule has 78 valence electrons. The predicted octanol–water partition coefficient (Wildman–Crippen LogP) is 0.914. The summed E-state index contributed by atoms with van der Waals surface area (Å²) in [7, 11) is 1.93. The number of Topliss-reactive ketones (excluding diaryl/α,β-unsaturated/α-hetero) is 1. The minimum atomic E-state index is -0.514. The quantitative estimate of drug-likeness (QED) is 0.672. The molecule has 0 aromatic heterocycles. The Morgan fingerprint density at radius 3 is 2.38 bits per heavy atom. The first kappa shape index (κ1) is 12.6. The lowest BCUT2D eigenvalue weighted by molar-refractivity contribution is -0.124. The molecule has 0 bridgehead atoms. The van der Waals surface area contributed by atoms with Crippen molar-refractivity contribution in [3.05, 3.63) is 0 Å². The molecule has 3 heteroatoms. The molecule has 0 saturated heterocycles. The van der Waals surface area contributed by atoms with Gasteiger partial charge in [0.1, 0.15) is 5.78 Å². The molecule has 0 spiro atoms. The van der Waals surface area contributed by atoms with E-state index in [1.54, 1.807) is 0 Å². The maximum atomic E-state index is 11.2. The first-order valence-corrected chi connectivity index (χ1v) is 4.86. The van der Waals surface area contributed by atoms with Crippen LogP contribution in [0.25, 0.3) is 0 Å². The van der Waals surface area contributed by atoms with Crippen molar-refractivity contribution in [2.75, 3.05) is 20.1 Å². The van der Waals surface area contributed by atoms with Gasteiger partial charge in [0.05, 0.1) is 6.10 Å². The Hall–Kier alpha value is -0.410. The van der Waals surface area contributed by atoms with Gasteiger partial charge in [-0.25, -0.2) is 0 Å². The van der Waals surface area contributed by atoms with Gasteiger partial charge in [-0.05, 0) is 13.6 Å². The molecular weight excluding hydrogens is 166 g/mol. The van der Waals surface area contributed by atoms with Gasteiger partial charge in [0, 0.05) is 18.9 Å². The average Bonchev–Trinajstić information content (AvgIpc) is 2.03. The lowest BCUT2D eigenvalue weighted by atomic mass is 10.0. The number of rotatable bonds is 6. The minimum absolute atomic E-state index is 0.0292. The summed E-state index contributed by atoms with van der Waals surface area (Å²) in [4.78, 5) is 13.2. The van der Waals surface area contributed by atoms with Gasteiger partial charge in [-0.15, -0.1) is 0 Å². The highest BCUT2D eigenvalue weighted by Crippen LogP contribution is 2.03. The number of nitrogens with zero attached hydrogens (tertiary/aromatic N) is 1. The lowest BCUT2D eigenvalue weighted by Gasteiger charge is -2.18. The Labute approximate surface area is 80.7 Å². The van der Waals surface area contributed by atoms with Gasteiger partial charge in [-0.3, -0.25) is 4.79 Å². The molecule has 0 aromatic rings. The molecule has 0 aliphatic heterocycles. The topological polar surface area (TPSA) is 40.5 Å². The molecule has 13 heavy (non-hydrogen) atoms. The highest BCUT2D eigenvalue weighted by atomic mass is 16.3. The van der Waals surface area contributed by atoms with Gasteiger partial charge in [0.2, 0.25) is 0 Å². The van der Waals surface area contributed by atoms with Crippen LogP contribution in [0.1, 0.15) is 27.2 Å². The normalized spacial score (nSPS) is 13.8. The van der Waals surface area contributed by atoms with E-state index in [4.69, 9.17) is 0 Å². The molecule has 0 rings (SSSR count). The molecule has 0 aliphatic rings. The van der Waals surface area contributed by atoms with Crippen molar-refractivity contribution in [3.63, 3.8) is 0 Å². The van der Waals surface area contributed by atoms with E-state index in [1.807, 2.05) is 32.7 Å². The zero-order valence-electron chi connectivity index (χ0n) is 9.08. The highest BCUT2D eigenvalue weighted by molar-refractivity contribution is 5.80. The van der Waals surface area contributed by atoms with Crippen LogP contribution in [0, 0.1) is 5.92 Å². The van der Waals surface area contributed by atoms with Crippen molar-refractivity contribution in [2.45, 2.75) is 33.3 Å². The summed E-state index contributed by atoms with van der Waals surface area (Å²) in [5, 5.41) is 9.51. The smallest absolute Gasteiger partial charge is 0.138 e. The fourth-order valence-electron chi connectivity index (χ4n) is 1.02. The highest BCUT2D eigenvalue weighted by Gasteiger charge is 2.14. The zero-order chi connectivity index (χ0) is 10.4. The summed E-state index contributed by atoms with van der Waals surface area (Å²) in [6, 6.07) is 0. The Balaban J connectivity index is 3.74. The summed E-state index contributed by atoms with van der Waals surface area (Å²) >= 11 is 0. The molecule has 0 aromatic carbocycles. The van der Waals surface area contributed by atoms with Crippen LogP contribution in [0.3, 0.4) is 0 Å². The third kappa shape index (κ3) is 5.77. The van der Waals surface area contributed by atoms with Gasteiger partial charge < -0.3 is 10.0 Å². The molecule has 0 heterocycles. The number of hydrogen-bond acceptors (Lipinski definition) is 3. The van der Waals surface area contributed by atoms with Crippen molar-refractivity contribution < 1.29 is 9.90 Å². The second-order valence-electron chi connectivity index (χ2n) is 3.83. The van der Waals surface area contributed by atoms with E-state index in [0.29, 0.717) is 6.54 Å². The Morgan fingerprint density at radius 1 is 1.46 bits per heavy atom. The number of hydrogen-bond donors (Lipinski definition) is 1. The van der Waals surface area contributed by atoms with Crippen molar-refractivity contribution in [1.82, 2.24) is 4.90 Å². The number of aliphatic hydroxyl groups is 1. The second-order valence-corrected chi connectivity index (χ2v) is 3.83. The number of aliphatic hydroxyl groups excluding tert-OH is 1. The number of carbonyl (C=O) groups excluding carboxylic acids is 1. The molecule has 0 saturated carbocycles. The number of likely N-dealkylation sites (N-methyl/N-ethyl adjacent to an activating group) is 1. The molecule has 0 fully saturated rings. The van der Waals surface area contributed by atoms with Crippen LogP contribution in [0.15, 0.2) is 0 Å². The van der Waals surface area contributed by atoms with Gasteiger partial charge in [0.25, 0.3) is 0 Å². The Kier molecular flexibility index (Phi) is 5.91. The van der Waals surface area contributed by atoms with Gasteiger partial charge >= 0.3 is 0 Å². The maximum absolute atomic E-state index is 11.2. The summed E-state index contributed by atoms with van der Waals surface area (Å²) < 4.78 is 0. The van der Waals surface area contributed by atoms with Crippen LogP contribution in [-0.2, 0) is 4.79 Å². The summed E-state index contributed by atoms with van der Waals surface area (Å²) in [6.07, 6.45) is -0.234.